The molecule has 1 aliphatic rings. The van der Waals surface area contributed by atoms with Gasteiger partial charge in [-0.25, -0.2) is 9.97 Å². The molecule has 1 unspecified atom stereocenters. The number of carbonyl (C=O) groups excluding carboxylic acids is 2. The van der Waals surface area contributed by atoms with Crippen molar-refractivity contribution >= 4 is 17.6 Å². The molecule has 0 radical (unpaired) electrons. The van der Waals surface area contributed by atoms with Crippen LogP contribution >= 0.6 is 0 Å². The van der Waals surface area contributed by atoms with E-state index in [4.69, 9.17) is 4.98 Å². The summed E-state index contributed by atoms with van der Waals surface area (Å²) in [6.07, 6.45) is 3.98. The third-order valence-electron chi connectivity index (χ3n) is 4.56. The quantitative estimate of drug-likeness (QED) is 0.745. The third-order valence-corrected chi connectivity index (χ3v) is 4.56. The van der Waals surface area contributed by atoms with Gasteiger partial charge in [-0.2, -0.15) is 0 Å². The average molecular weight is 384 g/mol. The van der Waals surface area contributed by atoms with E-state index in [2.05, 4.69) is 15.3 Å². The summed E-state index contributed by atoms with van der Waals surface area (Å²) < 4.78 is 0. The molecule has 0 spiro atoms. The van der Waals surface area contributed by atoms with E-state index in [1.807, 2.05) is 31.1 Å². The Kier molecular flexibility index (Phi) is 5.84. The van der Waals surface area contributed by atoms with Crippen LogP contribution < -0.4 is 10.2 Å². The highest BCUT2D eigenvalue weighted by atomic mass is 16.3. The number of hydrogen-bond acceptors (Lipinski definition) is 7. The number of aromatic nitrogens is 3. The van der Waals surface area contributed by atoms with Gasteiger partial charge in [0.25, 0.3) is 0 Å². The van der Waals surface area contributed by atoms with Crippen LogP contribution in [-0.4, -0.2) is 70.1 Å². The van der Waals surface area contributed by atoms with Crippen molar-refractivity contribution in [2.75, 3.05) is 32.1 Å². The maximum atomic E-state index is 12.7. The molecule has 2 aromatic heterocycles. The van der Waals surface area contributed by atoms with Crippen molar-refractivity contribution < 1.29 is 14.7 Å². The summed E-state index contributed by atoms with van der Waals surface area (Å²) in [5, 5.41) is 12.0. The third kappa shape index (κ3) is 4.09. The minimum Gasteiger partial charge on any atom is -0.394 e. The Morgan fingerprint density at radius 2 is 2.14 bits per heavy atom. The lowest BCUT2D eigenvalue weighted by Crippen LogP contribution is -2.51. The molecule has 0 aliphatic carbocycles. The normalized spacial score (nSPS) is 14.2. The molecule has 2 aromatic rings. The molecular weight excluding hydrogens is 360 g/mol. The first-order valence-electron chi connectivity index (χ1n) is 9.05. The Morgan fingerprint density at radius 3 is 2.75 bits per heavy atom. The Bertz CT molecular complexity index is 871. The van der Waals surface area contributed by atoms with Gasteiger partial charge in [0.15, 0.2) is 5.82 Å². The number of anilines is 1. The molecule has 1 atom stereocenters. The van der Waals surface area contributed by atoms with Crippen LogP contribution in [-0.2, 0) is 22.6 Å². The molecule has 148 valence electrons. The molecule has 9 heteroatoms. The molecule has 3 heterocycles. The predicted molar refractivity (Wildman–Crippen MR) is 103 cm³/mol. The van der Waals surface area contributed by atoms with E-state index in [0.29, 0.717) is 25.3 Å². The monoisotopic (exact) mass is 384 g/mol. The molecule has 28 heavy (non-hydrogen) atoms. The van der Waals surface area contributed by atoms with Gasteiger partial charge in [0.1, 0.15) is 11.9 Å². The zero-order valence-corrected chi connectivity index (χ0v) is 16.2. The fourth-order valence-corrected chi connectivity index (χ4v) is 3.24. The Labute approximate surface area is 163 Å². The van der Waals surface area contributed by atoms with Gasteiger partial charge in [-0.05, 0) is 18.6 Å². The molecule has 3 rings (SSSR count). The molecule has 0 bridgehead atoms. The number of rotatable bonds is 5. The van der Waals surface area contributed by atoms with Crippen molar-refractivity contribution in [2.45, 2.75) is 25.9 Å². The minimum atomic E-state index is -0.952. The van der Waals surface area contributed by atoms with Crippen molar-refractivity contribution in [2.24, 2.45) is 0 Å². The summed E-state index contributed by atoms with van der Waals surface area (Å²) in [5.41, 5.74) is 2.56. The van der Waals surface area contributed by atoms with Gasteiger partial charge in [0.2, 0.25) is 11.8 Å². The van der Waals surface area contributed by atoms with E-state index in [1.165, 1.54) is 6.92 Å². The minimum absolute atomic E-state index is 0.293. The molecule has 0 saturated heterocycles. The van der Waals surface area contributed by atoms with E-state index in [1.54, 1.807) is 17.3 Å². The second-order valence-electron chi connectivity index (χ2n) is 6.88. The van der Waals surface area contributed by atoms with Crippen LogP contribution in [0.4, 0.5) is 5.82 Å². The molecule has 9 nitrogen and oxygen atoms in total. The van der Waals surface area contributed by atoms with Gasteiger partial charge in [0.05, 0.1) is 18.8 Å². The van der Waals surface area contributed by atoms with Crippen molar-refractivity contribution in [3.63, 3.8) is 0 Å². The van der Waals surface area contributed by atoms with Gasteiger partial charge in [-0.1, -0.05) is 0 Å². The average Bonchev–Trinajstić information content (AvgIpc) is 2.70. The summed E-state index contributed by atoms with van der Waals surface area (Å²) in [6.45, 7) is 1.63. The number of pyridine rings is 1. The first kappa shape index (κ1) is 19.7. The molecule has 2 amide bonds. The summed E-state index contributed by atoms with van der Waals surface area (Å²) >= 11 is 0. The van der Waals surface area contributed by atoms with Crippen LogP contribution in [0.25, 0.3) is 11.4 Å². The van der Waals surface area contributed by atoms with Crippen LogP contribution in [0.3, 0.4) is 0 Å². The van der Waals surface area contributed by atoms with E-state index < -0.39 is 12.6 Å². The number of amides is 2. The number of aliphatic hydroxyl groups excluding tert-OH is 1. The first-order valence-corrected chi connectivity index (χ1v) is 9.05. The number of aliphatic hydroxyl groups is 1. The summed E-state index contributed by atoms with van der Waals surface area (Å²) in [7, 11) is 3.84. The second-order valence-corrected chi connectivity index (χ2v) is 6.88. The lowest BCUT2D eigenvalue weighted by Gasteiger charge is -2.32. The van der Waals surface area contributed by atoms with E-state index in [9.17, 15) is 14.7 Å². The molecule has 2 N–H and O–H groups in total. The fraction of sp³-hybridized carbons (Fsp3) is 0.421. The highest BCUT2D eigenvalue weighted by molar-refractivity contribution is 5.87. The molecule has 0 aromatic carbocycles. The molecular formula is C19H24N6O3. The molecule has 1 aliphatic heterocycles. The highest BCUT2D eigenvalue weighted by Gasteiger charge is 2.30. The number of nitrogens with one attached hydrogen (secondary N) is 1. The number of hydrogen-bond donors (Lipinski definition) is 2. The van der Waals surface area contributed by atoms with Crippen molar-refractivity contribution in [1.82, 2.24) is 25.2 Å². The lowest BCUT2D eigenvalue weighted by atomic mass is 10.0. The molecule has 0 fully saturated rings. The van der Waals surface area contributed by atoms with Gasteiger partial charge in [0, 0.05) is 51.1 Å². The van der Waals surface area contributed by atoms with Crippen LogP contribution in [0, 0.1) is 0 Å². The maximum absolute atomic E-state index is 12.7. The number of nitrogens with zero attached hydrogens (tertiary/aromatic N) is 5. The van der Waals surface area contributed by atoms with Gasteiger partial charge < -0.3 is 20.2 Å². The van der Waals surface area contributed by atoms with Crippen molar-refractivity contribution in [3.8, 4) is 11.4 Å². The summed E-state index contributed by atoms with van der Waals surface area (Å²) in [6, 6.07) is 2.76. The summed E-state index contributed by atoms with van der Waals surface area (Å²) in [4.78, 5) is 41.1. The van der Waals surface area contributed by atoms with E-state index >= 15 is 0 Å². The largest absolute Gasteiger partial charge is 0.394 e. The van der Waals surface area contributed by atoms with Gasteiger partial charge in [-0.3, -0.25) is 14.6 Å². The van der Waals surface area contributed by atoms with Crippen molar-refractivity contribution in [1.29, 1.82) is 0 Å². The van der Waals surface area contributed by atoms with Gasteiger partial charge in [-0.15, -0.1) is 0 Å². The predicted octanol–water partition coefficient (Wildman–Crippen LogP) is -0.0137. The zero-order chi connectivity index (χ0) is 20.3. The Morgan fingerprint density at radius 1 is 1.36 bits per heavy atom. The van der Waals surface area contributed by atoms with Crippen LogP contribution in [0.5, 0.6) is 0 Å². The topological polar surface area (TPSA) is 112 Å². The first-order chi connectivity index (χ1) is 13.4. The Hall–Kier alpha value is -3.07. The standard InChI is InChI=1S/C19H24N6O3/c1-12(27)21-16(11-26)19(28)25-8-6-14-15(10-25)22-17(23-18(14)24(2)3)13-5-4-7-20-9-13/h4-5,7,9,16,26H,6,8,10-11H2,1-3H3,(H,21,27). The van der Waals surface area contributed by atoms with E-state index in [0.717, 1.165) is 22.6 Å². The Balaban J connectivity index is 1.94. The SMILES string of the molecule is CC(=O)NC(CO)C(=O)N1CCc2c(nc(-c3cccnc3)nc2N(C)C)C1. The van der Waals surface area contributed by atoms with Crippen LogP contribution in [0.15, 0.2) is 24.5 Å². The lowest BCUT2D eigenvalue weighted by molar-refractivity contribution is -0.138. The summed E-state index contributed by atoms with van der Waals surface area (Å²) in [5.74, 6) is 0.680. The van der Waals surface area contributed by atoms with Crippen LogP contribution in [0.2, 0.25) is 0 Å². The van der Waals surface area contributed by atoms with Crippen LogP contribution in [0.1, 0.15) is 18.2 Å². The highest BCUT2D eigenvalue weighted by Crippen LogP contribution is 2.28. The fourth-order valence-electron chi connectivity index (χ4n) is 3.24. The number of fused-ring (bicyclic) bond motifs is 1. The van der Waals surface area contributed by atoms with E-state index in [-0.39, 0.29) is 11.8 Å². The zero-order valence-electron chi connectivity index (χ0n) is 16.2. The number of carbonyl (C=O) groups is 2. The smallest absolute Gasteiger partial charge is 0.247 e. The van der Waals surface area contributed by atoms with Gasteiger partial charge >= 0.3 is 0 Å². The molecule has 0 saturated carbocycles. The van der Waals surface area contributed by atoms with Crippen molar-refractivity contribution in [3.05, 3.63) is 35.8 Å². The maximum Gasteiger partial charge on any atom is 0.247 e. The second kappa shape index (κ2) is 8.30.